The van der Waals surface area contributed by atoms with Gasteiger partial charge in [0.25, 0.3) is 11.1 Å². The zero-order valence-electron chi connectivity index (χ0n) is 14.5. The lowest BCUT2D eigenvalue weighted by atomic mass is 10.1. The lowest BCUT2D eigenvalue weighted by molar-refractivity contribution is -0.122. The van der Waals surface area contributed by atoms with Crippen molar-refractivity contribution in [2.75, 3.05) is 6.54 Å². The molecule has 1 heterocycles. The summed E-state index contributed by atoms with van der Waals surface area (Å²) in [5, 5.41) is 8.64. The van der Waals surface area contributed by atoms with Gasteiger partial charge in [-0.05, 0) is 60.2 Å². The number of hydrogen-bond acceptors (Lipinski definition) is 5. The number of nitrogens with zero attached hydrogens (tertiary/aromatic N) is 1. The molecular weight excluding hydrogens is 366 g/mol. The maximum atomic E-state index is 12.1. The van der Waals surface area contributed by atoms with Crippen LogP contribution in [0.1, 0.15) is 28.4 Å². The van der Waals surface area contributed by atoms with Crippen molar-refractivity contribution in [1.82, 2.24) is 4.90 Å². The van der Waals surface area contributed by atoms with Gasteiger partial charge in [0.2, 0.25) is 0 Å². The summed E-state index contributed by atoms with van der Waals surface area (Å²) in [6.45, 7) is 2.44. The van der Waals surface area contributed by atoms with Crippen LogP contribution in [0.3, 0.4) is 0 Å². The van der Waals surface area contributed by atoms with E-state index in [1.807, 2.05) is 12.1 Å². The van der Waals surface area contributed by atoms with Crippen LogP contribution in [-0.2, 0) is 11.4 Å². The quantitative estimate of drug-likeness (QED) is 0.759. The summed E-state index contributed by atoms with van der Waals surface area (Å²) >= 11 is 0.942. The minimum absolute atomic E-state index is 0.232. The van der Waals surface area contributed by atoms with Crippen LogP contribution < -0.4 is 4.74 Å². The van der Waals surface area contributed by atoms with E-state index < -0.39 is 5.97 Å². The maximum absolute atomic E-state index is 12.1. The zero-order chi connectivity index (χ0) is 19.4. The topological polar surface area (TPSA) is 83.9 Å². The number of carboxylic acids is 1. The van der Waals surface area contributed by atoms with Gasteiger partial charge in [0.1, 0.15) is 12.4 Å². The van der Waals surface area contributed by atoms with Crippen LogP contribution in [-0.4, -0.2) is 33.7 Å². The van der Waals surface area contributed by atoms with Crippen LogP contribution in [0.5, 0.6) is 5.75 Å². The normalized spacial score (nSPS) is 15.4. The summed E-state index contributed by atoms with van der Waals surface area (Å²) in [6, 6.07) is 13.7. The molecule has 0 radical (unpaired) electrons. The van der Waals surface area contributed by atoms with Gasteiger partial charge in [0, 0.05) is 6.54 Å². The molecule has 0 bridgehead atoms. The molecule has 0 atom stereocenters. The smallest absolute Gasteiger partial charge is 0.335 e. The molecule has 0 aliphatic carbocycles. The number of ether oxygens (including phenoxy) is 1. The van der Waals surface area contributed by atoms with Crippen molar-refractivity contribution < 1.29 is 24.2 Å². The molecule has 3 rings (SSSR count). The highest BCUT2D eigenvalue weighted by Gasteiger charge is 2.33. The highest BCUT2D eigenvalue weighted by molar-refractivity contribution is 8.18. The Morgan fingerprint density at radius 3 is 2.33 bits per heavy atom. The molecule has 1 N–H and O–H groups in total. The molecule has 1 aliphatic heterocycles. The summed E-state index contributed by atoms with van der Waals surface area (Å²) < 4.78 is 5.69. The standard InChI is InChI=1S/C20H17NO5S/c1-2-21-18(22)17(27-20(21)25)11-13-5-9-16(10-6-13)26-12-14-3-7-15(8-4-14)19(23)24/h3-11H,2,12H2,1H3,(H,23,24). The number of imide groups is 1. The van der Waals surface area contributed by atoms with Crippen molar-refractivity contribution in [2.24, 2.45) is 0 Å². The number of carbonyl (C=O) groups is 3. The molecule has 0 aromatic heterocycles. The summed E-state index contributed by atoms with van der Waals surface area (Å²) in [5.41, 5.74) is 1.89. The fraction of sp³-hybridized carbons (Fsp3) is 0.150. The van der Waals surface area contributed by atoms with Crippen molar-refractivity contribution in [3.05, 3.63) is 70.1 Å². The molecule has 27 heavy (non-hydrogen) atoms. The van der Waals surface area contributed by atoms with E-state index in [-0.39, 0.29) is 16.7 Å². The van der Waals surface area contributed by atoms with Crippen molar-refractivity contribution in [2.45, 2.75) is 13.5 Å². The van der Waals surface area contributed by atoms with E-state index >= 15 is 0 Å². The molecule has 1 fully saturated rings. The predicted molar refractivity (Wildman–Crippen MR) is 103 cm³/mol. The number of carbonyl (C=O) groups excluding carboxylic acids is 2. The summed E-state index contributed by atoms with van der Waals surface area (Å²) in [6.07, 6.45) is 1.69. The SMILES string of the molecule is CCN1C(=O)SC(=Cc2ccc(OCc3ccc(C(=O)O)cc3)cc2)C1=O. The Hall–Kier alpha value is -3.06. The molecule has 0 unspecified atom stereocenters. The predicted octanol–water partition coefficient (Wildman–Crippen LogP) is 4.02. The average Bonchev–Trinajstić information content (AvgIpc) is 2.94. The molecule has 1 aliphatic rings. The molecule has 0 saturated carbocycles. The highest BCUT2D eigenvalue weighted by Crippen LogP contribution is 2.32. The van der Waals surface area contributed by atoms with Gasteiger partial charge in [0.15, 0.2) is 0 Å². The van der Waals surface area contributed by atoms with E-state index in [9.17, 15) is 14.4 Å². The third-order valence-corrected chi connectivity index (χ3v) is 4.88. The Bertz CT molecular complexity index is 903. The summed E-state index contributed by atoms with van der Waals surface area (Å²) in [7, 11) is 0. The van der Waals surface area contributed by atoms with Crippen molar-refractivity contribution >= 4 is 35.0 Å². The largest absolute Gasteiger partial charge is 0.489 e. The van der Waals surface area contributed by atoms with Crippen LogP contribution in [0.4, 0.5) is 4.79 Å². The second-order valence-electron chi connectivity index (χ2n) is 5.79. The first-order valence-electron chi connectivity index (χ1n) is 8.28. The van der Waals surface area contributed by atoms with Gasteiger partial charge in [-0.15, -0.1) is 0 Å². The van der Waals surface area contributed by atoms with Crippen molar-refractivity contribution in [3.63, 3.8) is 0 Å². The summed E-state index contributed by atoms with van der Waals surface area (Å²) in [5.74, 6) is -0.580. The lowest BCUT2D eigenvalue weighted by Crippen LogP contribution is -2.27. The molecule has 7 heteroatoms. The van der Waals surface area contributed by atoms with Gasteiger partial charge in [-0.3, -0.25) is 14.5 Å². The fourth-order valence-electron chi connectivity index (χ4n) is 2.49. The molecule has 1 saturated heterocycles. The van der Waals surface area contributed by atoms with Crippen LogP contribution in [0.15, 0.2) is 53.4 Å². The van der Waals surface area contributed by atoms with Crippen molar-refractivity contribution in [3.8, 4) is 5.75 Å². The number of amides is 2. The van der Waals surface area contributed by atoms with E-state index in [0.717, 1.165) is 22.9 Å². The number of hydrogen-bond donors (Lipinski definition) is 1. The van der Waals surface area contributed by atoms with Crippen molar-refractivity contribution in [1.29, 1.82) is 0 Å². The second-order valence-corrected chi connectivity index (χ2v) is 6.78. The minimum atomic E-state index is -0.963. The highest BCUT2D eigenvalue weighted by atomic mass is 32.2. The molecule has 6 nitrogen and oxygen atoms in total. The lowest BCUT2D eigenvalue weighted by Gasteiger charge is -2.07. The second kappa shape index (κ2) is 8.09. The van der Waals surface area contributed by atoms with E-state index in [4.69, 9.17) is 9.84 Å². The van der Waals surface area contributed by atoms with Crippen LogP contribution in [0, 0.1) is 0 Å². The van der Waals surface area contributed by atoms with E-state index in [1.165, 1.54) is 17.0 Å². The molecule has 2 amide bonds. The molecule has 2 aromatic rings. The van der Waals surface area contributed by atoms with Crippen LogP contribution in [0.2, 0.25) is 0 Å². The van der Waals surface area contributed by atoms with Gasteiger partial charge in [0.05, 0.1) is 10.5 Å². The monoisotopic (exact) mass is 383 g/mol. The number of rotatable bonds is 6. The molecule has 0 spiro atoms. The number of thioether (sulfide) groups is 1. The Labute approximate surface area is 160 Å². The molecule has 138 valence electrons. The van der Waals surface area contributed by atoms with E-state index in [0.29, 0.717) is 23.8 Å². The Morgan fingerprint density at radius 1 is 1.11 bits per heavy atom. The number of carboxylic acid groups (broad SMARTS) is 1. The first kappa shape index (κ1) is 18.7. The van der Waals surface area contributed by atoms with Gasteiger partial charge in [-0.25, -0.2) is 4.79 Å². The minimum Gasteiger partial charge on any atom is -0.489 e. The zero-order valence-corrected chi connectivity index (χ0v) is 15.4. The Kier molecular flexibility index (Phi) is 5.61. The third-order valence-electron chi connectivity index (χ3n) is 3.97. The van der Waals surface area contributed by atoms with Gasteiger partial charge >= 0.3 is 5.97 Å². The number of likely N-dealkylation sites (N-methyl/N-ethyl adjacent to an activating group) is 1. The van der Waals surface area contributed by atoms with E-state index in [2.05, 4.69) is 0 Å². The number of aromatic carboxylic acids is 1. The number of benzene rings is 2. The fourth-order valence-corrected chi connectivity index (χ4v) is 3.40. The molecular formula is C20H17NO5S. The first-order chi connectivity index (χ1) is 13.0. The Morgan fingerprint density at radius 2 is 1.78 bits per heavy atom. The maximum Gasteiger partial charge on any atom is 0.335 e. The van der Waals surface area contributed by atoms with Gasteiger partial charge < -0.3 is 9.84 Å². The molecule has 2 aromatic carbocycles. The van der Waals surface area contributed by atoms with Crippen LogP contribution >= 0.6 is 11.8 Å². The third kappa shape index (κ3) is 4.38. The van der Waals surface area contributed by atoms with E-state index in [1.54, 1.807) is 37.3 Å². The van der Waals surface area contributed by atoms with Crippen LogP contribution in [0.25, 0.3) is 6.08 Å². The van der Waals surface area contributed by atoms with Gasteiger partial charge in [-0.2, -0.15) is 0 Å². The summed E-state index contributed by atoms with van der Waals surface area (Å²) in [4.78, 5) is 36.3. The average molecular weight is 383 g/mol. The van der Waals surface area contributed by atoms with Gasteiger partial charge in [-0.1, -0.05) is 24.3 Å². The Balaban J connectivity index is 1.62. The first-order valence-corrected chi connectivity index (χ1v) is 9.10.